The van der Waals surface area contributed by atoms with E-state index in [0.29, 0.717) is 31.8 Å². The molecule has 1 aliphatic rings. The number of aromatic nitrogens is 2. The number of carboxylic acid groups (broad SMARTS) is 1. The number of aliphatic carboxylic acids is 1. The Kier molecular flexibility index (Phi) is 6.30. The second-order valence-corrected chi connectivity index (χ2v) is 6.93. The Balaban J connectivity index is 1.68. The molecule has 1 aromatic carbocycles. The van der Waals surface area contributed by atoms with Crippen molar-refractivity contribution < 1.29 is 24.2 Å². The fourth-order valence-electron chi connectivity index (χ4n) is 3.43. The summed E-state index contributed by atoms with van der Waals surface area (Å²) in [6, 6.07) is 7.29. The Hall–Kier alpha value is -2.87. The first-order valence-electron chi connectivity index (χ1n) is 9.29. The van der Waals surface area contributed by atoms with Gasteiger partial charge in [-0.1, -0.05) is 6.07 Å². The molecule has 0 saturated carbocycles. The van der Waals surface area contributed by atoms with E-state index in [1.165, 1.54) is 0 Å². The van der Waals surface area contributed by atoms with Crippen molar-refractivity contribution in [1.29, 1.82) is 0 Å². The van der Waals surface area contributed by atoms with Gasteiger partial charge < -0.3 is 19.9 Å². The molecule has 3 rings (SSSR count). The summed E-state index contributed by atoms with van der Waals surface area (Å²) in [5.74, 6) is -1.29. The summed E-state index contributed by atoms with van der Waals surface area (Å²) in [6.07, 6.45) is 3.06. The molecule has 8 nitrogen and oxygen atoms in total. The highest BCUT2D eigenvalue weighted by atomic mass is 16.5. The number of carboxylic acids is 1. The highest BCUT2D eigenvalue weighted by Crippen LogP contribution is 2.25. The van der Waals surface area contributed by atoms with Gasteiger partial charge in [0.1, 0.15) is 11.4 Å². The number of amides is 1. The van der Waals surface area contributed by atoms with Crippen LogP contribution in [0, 0.1) is 18.8 Å². The topological polar surface area (TPSA) is 103 Å². The van der Waals surface area contributed by atoms with Crippen molar-refractivity contribution >= 4 is 11.9 Å². The molecule has 0 radical (unpaired) electrons. The van der Waals surface area contributed by atoms with E-state index in [2.05, 4.69) is 10.4 Å². The SMILES string of the molecule is COc1ccc(C)cc1-n1ccc(C(=O)NCC(C(=O)O)C2CCOCC2)n1. The normalized spacial score (nSPS) is 15.8. The maximum Gasteiger partial charge on any atom is 0.308 e. The maximum absolute atomic E-state index is 12.5. The molecule has 1 aromatic heterocycles. The van der Waals surface area contributed by atoms with Gasteiger partial charge in [0.2, 0.25) is 0 Å². The predicted octanol–water partition coefficient (Wildman–Crippen LogP) is 2.05. The van der Waals surface area contributed by atoms with Gasteiger partial charge in [0.15, 0.2) is 5.69 Å². The Morgan fingerprint density at radius 3 is 2.79 bits per heavy atom. The number of hydrogen-bond acceptors (Lipinski definition) is 5. The molecule has 0 spiro atoms. The minimum atomic E-state index is -0.901. The number of methoxy groups -OCH3 is 1. The third-order valence-corrected chi connectivity index (χ3v) is 5.04. The number of carbonyl (C=O) groups is 2. The Bertz CT molecular complexity index is 842. The molecule has 8 heteroatoms. The summed E-state index contributed by atoms with van der Waals surface area (Å²) in [5, 5.41) is 16.6. The second kappa shape index (κ2) is 8.88. The van der Waals surface area contributed by atoms with Gasteiger partial charge in [0.25, 0.3) is 5.91 Å². The highest BCUT2D eigenvalue weighted by molar-refractivity contribution is 5.92. The molecule has 1 aliphatic heterocycles. The third kappa shape index (κ3) is 4.51. The van der Waals surface area contributed by atoms with Crippen molar-refractivity contribution in [3.05, 3.63) is 41.7 Å². The van der Waals surface area contributed by atoms with Crippen LogP contribution >= 0.6 is 0 Å². The van der Waals surface area contributed by atoms with Gasteiger partial charge in [-0.05, 0) is 49.4 Å². The minimum Gasteiger partial charge on any atom is -0.494 e. The van der Waals surface area contributed by atoms with E-state index < -0.39 is 17.8 Å². The van der Waals surface area contributed by atoms with Gasteiger partial charge in [0, 0.05) is 26.0 Å². The number of rotatable bonds is 7. The summed E-state index contributed by atoms with van der Waals surface area (Å²) in [7, 11) is 1.58. The van der Waals surface area contributed by atoms with E-state index in [-0.39, 0.29) is 18.2 Å². The number of benzene rings is 1. The zero-order valence-electron chi connectivity index (χ0n) is 16.1. The largest absolute Gasteiger partial charge is 0.494 e. The first-order chi connectivity index (χ1) is 13.5. The van der Waals surface area contributed by atoms with Crippen LogP contribution in [0.5, 0.6) is 5.75 Å². The lowest BCUT2D eigenvalue weighted by Crippen LogP contribution is -2.39. The lowest BCUT2D eigenvalue weighted by Gasteiger charge is -2.27. The Morgan fingerprint density at radius 1 is 1.36 bits per heavy atom. The summed E-state index contributed by atoms with van der Waals surface area (Å²) in [4.78, 5) is 24.1. The van der Waals surface area contributed by atoms with Crippen molar-refractivity contribution in [2.24, 2.45) is 11.8 Å². The van der Waals surface area contributed by atoms with Gasteiger partial charge in [-0.15, -0.1) is 0 Å². The van der Waals surface area contributed by atoms with Crippen LogP contribution in [-0.2, 0) is 9.53 Å². The summed E-state index contributed by atoms with van der Waals surface area (Å²) >= 11 is 0. The van der Waals surface area contributed by atoms with E-state index >= 15 is 0 Å². The number of ether oxygens (including phenoxy) is 2. The standard InChI is InChI=1S/C20H25N3O5/c1-13-3-4-18(27-2)17(11-13)23-8-5-16(22-23)19(24)21-12-15(20(25)26)14-6-9-28-10-7-14/h3-5,8,11,14-15H,6-7,9-10,12H2,1-2H3,(H,21,24)(H,25,26). The van der Waals surface area contributed by atoms with E-state index in [9.17, 15) is 14.7 Å². The summed E-state index contributed by atoms with van der Waals surface area (Å²) < 4.78 is 12.2. The van der Waals surface area contributed by atoms with Crippen molar-refractivity contribution in [3.63, 3.8) is 0 Å². The van der Waals surface area contributed by atoms with E-state index in [1.807, 2.05) is 25.1 Å². The molecule has 2 N–H and O–H groups in total. The molecule has 1 atom stereocenters. The predicted molar refractivity (Wildman–Crippen MR) is 102 cm³/mol. The maximum atomic E-state index is 12.5. The fraction of sp³-hybridized carbons (Fsp3) is 0.450. The number of nitrogens with one attached hydrogen (secondary N) is 1. The summed E-state index contributed by atoms with van der Waals surface area (Å²) in [5.41, 5.74) is 1.99. The smallest absolute Gasteiger partial charge is 0.308 e. The van der Waals surface area contributed by atoms with Gasteiger partial charge >= 0.3 is 5.97 Å². The summed E-state index contributed by atoms with van der Waals surface area (Å²) in [6.45, 7) is 3.15. The lowest BCUT2D eigenvalue weighted by atomic mass is 9.86. The van der Waals surface area contributed by atoms with E-state index in [4.69, 9.17) is 9.47 Å². The van der Waals surface area contributed by atoms with Crippen LogP contribution in [-0.4, -0.2) is 53.6 Å². The molecule has 0 aliphatic carbocycles. The highest BCUT2D eigenvalue weighted by Gasteiger charge is 2.30. The van der Waals surface area contributed by atoms with Crippen LogP contribution in [0.25, 0.3) is 5.69 Å². The first kappa shape index (κ1) is 19.9. The third-order valence-electron chi connectivity index (χ3n) is 5.04. The van der Waals surface area contributed by atoms with Gasteiger partial charge in [0.05, 0.1) is 13.0 Å². The average Bonchev–Trinajstić information content (AvgIpc) is 3.19. The molecule has 2 aromatic rings. The van der Waals surface area contributed by atoms with Crippen LogP contribution < -0.4 is 10.1 Å². The molecule has 1 fully saturated rings. The molecular weight excluding hydrogens is 362 g/mol. The molecule has 1 saturated heterocycles. The second-order valence-electron chi connectivity index (χ2n) is 6.93. The minimum absolute atomic E-state index is 0.000613. The number of aryl methyl sites for hydroxylation is 1. The van der Waals surface area contributed by atoms with Crippen LogP contribution in [0.1, 0.15) is 28.9 Å². The zero-order chi connectivity index (χ0) is 20.1. The Labute approximate surface area is 163 Å². The average molecular weight is 387 g/mol. The van der Waals surface area contributed by atoms with Crippen molar-refractivity contribution in [1.82, 2.24) is 15.1 Å². The van der Waals surface area contributed by atoms with E-state index in [0.717, 1.165) is 11.3 Å². The van der Waals surface area contributed by atoms with Crippen LogP contribution in [0.4, 0.5) is 0 Å². The molecule has 28 heavy (non-hydrogen) atoms. The molecule has 1 unspecified atom stereocenters. The first-order valence-corrected chi connectivity index (χ1v) is 9.29. The molecular formula is C20H25N3O5. The molecule has 2 heterocycles. The molecule has 0 bridgehead atoms. The van der Waals surface area contributed by atoms with E-state index in [1.54, 1.807) is 24.1 Å². The quantitative estimate of drug-likeness (QED) is 0.754. The molecule has 1 amide bonds. The monoisotopic (exact) mass is 387 g/mol. The Morgan fingerprint density at radius 2 is 2.11 bits per heavy atom. The van der Waals surface area contributed by atoms with Gasteiger partial charge in [-0.25, -0.2) is 4.68 Å². The number of hydrogen-bond donors (Lipinski definition) is 2. The lowest BCUT2D eigenvalue weighted by molar-refractivity contribution is -0.144. The number of carbonyl (C=O) groups excluding carboxylic acids is 1. The number of nitrogens with zero attached hydrogens (tertiary/aromatic N) is 2. The van der Waals surface area contributed by atoms with Gasteiger partial charge in [-0.2, -0.15) is 5.10 Å². The molecule has 150 valence electrons. The van der Waals surface area contributed by atoms with Crippen molar-refractivity contribution in [2.75, 3.05) is 26.9 Å². The van der Waals surface area contributed by atoms with Crippen LogP contribution in [0.15, 0.2) is 30.5 Å². The fourth-order valence-corrected chi connectivity index (χ4v) is 3.43. The zero-order valence-corrected chi connectivity index (χ0v) is 16.1. The van der Waals surface area contributed by atoms with Crippen LogP contribution in [0.3, 0.4) is 0 Å². The van der Waals surface area contributed by atoms with Crippen LogP contribution in [0.2, 0.25) is 0 Å². The van der Waals surface area contributed by atoms with Crippen molar-refractivity contribution in [3.8, 4) is 11.4 Å². The van der Waals surface area contributed by atoms with Gasteiger partial charge in [-0.3, -0.25) is 9.59 Å². The van der Waals surface area contributed by atoms with Crippen molar-refractivity contribution in [2.45, 2.75) is 19.8 Å².